The number of fused-ring (bicyclic) bond motifs is 18. The number of ketones is 1. The lowest BCUT2D eigenvalue weighted by Crippen LogP contribution is -2.15. The number of hydrogen-bond donors (Lipinski definition) is 1. The molecule has 1 N–H and O–H groups in total. The number of aryl methyl sites for hydroxylation is 1. The van der Waals surface area contributed by atoms with Crippen LogP contribution in [0.5, 0.6) is 5.75 Å². The molecule has 2 aliphatic rings. The molecule has 1 aliphatic heterocycles. The van der Waals surface area contributed by atoms with E-state index in [4.69, 9.17) is 4.42 Å². The molecule has 3 rings (SSSR count). The summed E-state index contributed by atoms with van der Waals surface area (Å²) in [5.41, 5.74) is -0.851. The fourth-order valence-electron chi connectivity index (χ4n) is 3.74. The third kappa shape index (κ3) is 7.35. The molecular formula is C22H34O4. The Bertz CT molecular complexity index is 603. The van der Waals surface area contributed by atoms with Crippen LogP contribution in [0, 0.1) is 0 Å². The van der Waals surface area contributed by atoms with E-state index < -0.39 is 5.63 Å². The van der Waals surface area contributed by atoms with Crippen LogP contribution in [0.3, 0.4) is 0 Å². The van der Waals surface area contributed by atoms with Crippen molar-refractivity contribution in [2.75, 3.05) is 0 Å². The number of Topliss-reactive ketones (excluding diaryl/α,β-unsaturated/α-hetero) is 1. The summed E-state index contributed by atoms with van der Waals surface area (Å²) in [5, 5.41) is 10.1. The van der Waals surface area contributed by atoms with Gasteiger partial charge in [0.1, 0.15) is 17.1 Å². The van der Waals surface area contributed by atoms with E-state index in [1.165, 1.54) is 63.9 Å². The average Bonchev–Trinajstić information content (AvgIpc) is 2.60. The maximum atomic E-state index is 12.3. The highest BCUT2D eigenvalue weighted by atomic mass is 16.4. The number of carbonyl (C=O) groups excluding carboxylic acids is 1. The zero-order valence-corrected chi connectivity index (χ0v) is 16.1. The van der Waals surface area contributed by atoms with Crippen LogP contribution >= 0.6 is 0 Å². The van der Waals surface area contributed by atoms with Crippen LogP contribution < -0.4 is 5.63 Å². The fraction of sp³-hybridized carbons (Fsp3) is 0.727. The van der Waals surface area contributed by atoms with Crippen molar-refractivity contribution in [3.63, 3.8) is 0 Å². The monoisotopic (exact) mass is 362 g/mol. The maximum Gasteiger partial charge on any atom is 0.350 e. The summed E-state index contributed by atoms with van der Waals surface area (Å²) < 4.78 is 5.27. The van der Waals surface area contributed by atoms with E-state index in [0.29, 0.717) is 18.6 Å². The van der Waals surface area contributed by atoms with Gasteiger partial charge in [0, 0.05) is 18.9 Å². The van der Waals surface area contributed by atoms with Gasteiger partial charge in [0.05, 0.1) is 0 Å². The van der Waals surface area contributed by atoms with Crippen LogP contribution in [-0.2, 0) is 6.42 Å². The first-order chi connectivity index (χ1) is 12.7. The Balaban J connectivity index is 1.94. The molecule has 0 atom stereocenters. The molecule has 0 amide bonds. The van der Waals surface area contributed by atoms with Crippen molar-refractivity contribution >= 4 is 5.78 Å². The summed E-state index contributed by atoms with van der Waals surface area (Å²) in [7, 11) is 0. The first kappa shape index (κ1) is 20.7. The molecule has 0 unspecified atom stereocenters. The summed E-state index contributed by atoms with van der Waals surface area (Å²) >= 11 is 0. The smallest absolute Gasteiger partial charge is 0.350 e. The molecule has 0 radical (unpaired) electrons. The minimum Gasteiger partial charge on any atom is -0.507 e. The topological polar surface area (TPSA) is 67.5 Å². The van der Waals surface area contributed by atoms with Crippen molar-refractivity contribution in [2.45, 2.75) is 103 Å². The van der Waals surface area contributed by atoms with Crippen LogP contribution in [0.25, 0.3) is 0 Å². The predicted molar refractivity (Wildman–Crippen MR) is 104 cm³/mol. The van der Waals surface area contributed by atoms with Gasteiger partial charge in [0.15, 0.2) is 5.78 Å². The lowest BCUT2D eigenvalue weighted by Gasteiger charge is -2.06. The minimum atomic E-state index is -0.684. The molecule has 1 aromatic rings. The van der Waals surface area contributed by atoms with Crippen LogP contribution in [0.15, 0.2) is 15.3 Å². The molecule has 2 heterocycles. The SMILES string of the molecule is O=C1CCCCCCCCCCCCCCCCc2cc(O)c1c(=O)o2. The van der Waals surface area contributed by atoms with Gasteiger partial charge in [-0.15, -0.1) is 0 Å². The molecule has 1 aliphatic carbocycles. The lowest BCUT2D eigenvalue weighted by atomic mass is 10.0. The molecule has 0 saturated heterocycles. The van der Waals surface area contributed by atoms with E-state index >= 15 is 0 Å². The Hall–Kier alpha value is -1.58. The standard InChI is InChI=1S/C22H34O4/c23-19-16-14-12-10-8-6-4-2-1-3-5-7-9-11-13-15-18-17-20(24)21(19)22(25)26-18/h17,24H,1-16H2. The van der Waals surface area contributed by atoms with Gasteiger partial charge in [0.2, 0.25) is 0 Å². The number of rotatable bonds is 0. The number of aromatic hydroxyl groups is 1. The third-order valence-corrected chi connectivity index (χ3v) is 5.34. The normalized spacial score (nSPS) is 19.8. The molecule has 1 aromatic heterocycles. The summed E-state index contributed by atoms with van der Waals surface area (Å²) in [6.45, 7) is 0. The van der Waals surface area contributed by atoms with Crippen molar-refractivity contribution in [2.24, 2.45) is 0 Å². The van der Waals surface area contributed by atoms with Gasteiger partial charge in [-0.2, -0.15) is 0 Å². The Morgan fingerprint density at radius 2 is 1.08 bits per heavy atom. The maximum absolute atomic E-state index is 12.3. The molecule has 0 fully saturated rings. The molecule has 2 bridgehead atoms. The van der Waals surface area contributed by atoms with E-state index in [1.54, 1.807) is 0 Å². The van der Waals surface area contributed by atoms with E-state index in [9.17, 15) is 14.7 Å². The number of hydrogen-bond acceptors (Lipinski definition) is 4. The number of carbonyl (C=O) groups is 1. The Morgan fingerprint density at radius 3 is 1.54 bits per heavy atom. The van der Waals surface area contributed by atoms with Crippen molar-refractivity contribution in [1.29, 1.82) is 0 Å². The van der Waals surface area contributed by atoms with Gasteiger partial charge in [-0.1, -0.05) is 77.0 Å². The van der Waals surface area contributed by atoms with Crippen molar-refractivity contribution in [1.82, 2.24) is 0 Å². The second-order valence-corrected chi connectivity index (χ2v) is 7.63. The van der Waals surface area contributed by atoms with Crippen molar-refractivity contribution in [3.8, 4) is 5.75 Å². The quantitative estimate of drug-likeness (QED) is 0.620. The van der Waals surface area contributed by atoms with Crippen LogP contribution in [-0.4, -0.2) is 10.9 Å². The van der Waals surface area contributed by atoms with Crippen LogP contribution in [0.1, 0.15) is 112 Å². The summed E-state index contributed by atoms with van der Waals surface area (Å²) in [4.78, 5) is 24.4. The molecule has 4 nitrogen and oxygen atoms in total. The zero-order valence-electron chi connectivity index (χ0n) is 16.1. The van der Waals surface area contributed by atoms with Crippen LogP contribution in [0.4, 0.5) is 0 Å². The highest BCUT2D eigenvalue weighted by molar-refractivity contribution is 5.97. The second kappa shape index (κ2) is 11.9. The van der Waals surface area contributed by atoms with E-state index in [-0.39, 0.29) is 17.1 Å². The van der Waals surface area contributed by atoms with Crippen molar-refractivity contribution < 1.29 is 14.3 Å². The molecule has 4 heteroatoms. The first-order valence-corrected chi connectivity index (χ1v) is 10.6. The van der Waals surface area contributed by atoms with Gasteiger partial charge in [-0.3, -0.25) is 4.79 Å². The fourth-order valence-corrected chi connectivity index (χ4v) is 3.74. The van der Waals surface area contributed by atoms with E-state index in [1.807, 2.05) is 0 Å². The Labute approximate surface area is 157 Å². The Kier molecular flexibility index (Phi) is 9.51. The van der Waals surface area contributed by atoms with Gasteiger partial charge >= 0.3 is 5.63 Å². The summed E-state index contributed by atoms with van der Waals surface area (Å²) in [6, 6.07) is 1.46. The zero-order chi connectivity index (χ0) is 18.6. The molecular weight excluding hydrogens is 328 g/mol. The van der Waals surface area contributed by atoms with Gasteiger partial charge < -0.3 is 9.52 Å². The average molecular weight is 363 g/mol. The minimum absolute atomic E-state index is 0.167. The summed E-state index contributed by atoms with van der Waals surface area (Å²) in [5.74, 6) is -0.0317. The highest BCUT2D eigenvalue weighted by Gasteiger charge is 2.18. The molecule has 26 heavy (non-hydrogen) atoms. The van der Waals surface area contributed by atoms with Crippen molar-refractivity contribution in [3.05, 3.63) is 27.8 Å². The molecule has 0 aromatic carbocycles. The molecule has 146 valence electrons. The van der Waals surface area contributed by atoms with Gasteiger partial charge in [-0.05, 0) is 12.8 Å². The second-order valence-electron chi connectivity index (χ2n) is 7.63. The van der Waals surface area contributed by atoms with Gasteiger partial charge in [0.25, 0.3) is 0 Å². The highest BCUT2D eigenvalue weighted by Crippen LogP contribution is 2.20. The van der Waals surface area contributed by atoms with Crippen LogP contribution in [0.2, 0.25) is 0 Å². The summed E-state index contributed by atoms with van der Waals surface area (Å²) in [6.07, 6.45) is 17.5. The largest absolute Gasteiger partial charge is 0.507 e. The van der Waals surface area contributed by atoms with E-state index in [2.05, 4.69) is 0 Å². The third-order valence-electron chi connectivity index (χ3n) is 5.34. The lowest BCUT2D eigenvalue weighted by molar-refractivity contribution is 0.0971. The predicted octanol–water partition coefficient (Wildman–Crippen LogP) is 5.94. The van der Waals surface area contributed by atoms with E-state index in [0.717, 1.165) is 32.1 Å². The molecule has 0 spiro atoms. The van der Waals surface area contributed by atoms with Gasteiger partial charge in [-0.25, -0.2) is 4.79 Å². The Morgan fingerprint density at radius 1 is 0.654 bits per heavy atom. The first-order valence-electron chi connectivity index (χ1n) is 10.6. The molecule has 0 saturated carbocycles.